The average molecular weight is 320 g/mol. The van der Waals surface area contributed by atoms with Crippen molar-refractivity contribution in [2.24, 2.45) is 0 Å². The normalized spacial score (nSPS) is 17.7. The number of para-hydroxylation sites is 1. The molecule has 1 aromatic rings. The van der Waals surface area contributed by atoms with Gasteiger partial charge in [0.25, 0.3) is 0 Å². The number of nitrogens with zero attached hydrogens (tertiary/aromatic N) is 1. The lowest BCUT2D eigenvalue weighted by atomic mass is 9.89. The van der Waals surface area contributed by atoms with Crippen LogP contribution >= 0.6 is 0 Å². The molecule has 1 fully saturated rings. The Kier molecular flexibility index (Phi) is 4.63. The van der Waals surface area contributed by atoms with Gasteiger partial charge in [0.1, 0.15) is 5.60 Å². The molecule has 6 heteroatoms. The first-order chi connectivity index (χ1) is 10.6. The van der Waals surface area contributed by atoms with Crippen LogP contribution in [0.4, 0.5) is 21.9 Å². The van der Waals surface area contributed by atoms with Crippen LogP contribution < -0.4 is 21.7 Å². The van der Waals surface area contributed by atoms with Crippen LogP contribution in [0.5, 0.6) is 0 Å². The van der Waals surface area contributed by atoms with Gasteiger partial charge >= 0.3 is 6.09 Å². The van der Waals surface area contributed by atoms with Crippen molar-refractivity contribution < 1.29 is 9.53 Å². The molecule has 0 radical (unpaired) electrons. The zero-order valence-electron chi connectivity index (χ0n) is 14.5. The van der Waals surface area contributed by atoms with E-state index in [1.807, 2.05) is 32.9 Å². The molecule has 1 aromatic carbocycles. The van der Waals surface area contributed by atoms with Gasteiger partial charge in [-0.25, -0.2) is 4.79 Å². The third-order valence-electron chi connectivity index (χ3n) is 4.13. The van der Waals surface area contributed by atoms with Crippen LogP contribution in [0.15, 0.2) is 18.2 Å². The number of alkyl carbamates (subject to hydrolysis) is 1. The lowest BCUT2D eigenvalue weighted by Gasteiger charge is -2.41. The van der Waals surface area contributed by atoms with E-state index in [4.69, 9.17) is 16.2 Å². The molecule has 0 aliphatic carbocycles. The number of amides is 1. The molecule has 1 amide bonds. The zero-order chi connectivity index (χ0) is 17.3. The minimum absolute atomic E-state index is 0.270. The fourth-order valence-electron chi connectivity index (χ4n) is 2.76. The molecule has 2 rings (SSSR count). The number of piperidine rings is 1. The van der Waals surface area contributed by atoms with Gasteiger partial charge in [-0.05, 0) is 52.7 Å². The number of benzene rings is 1. The summed E-state index contributed by atoms with van der Waals surface area (Å²) in [5.41, 5.74) is 13.4. The molecule has 0 bridgehead atoms. The molecule has 6 nitrogen and oxygen atoms in total. The maximum absolute atomic E-state index is 12.0. The van der Waals surface area contributed by atoms with Crippen LogP contribution in [0.1, 0.15) is 40.5 Å². The number of carbonyl (C=O) groups is 1. The van der Waals surface area contributed by atoms with Gasteiger partial charge in [0.15, 0.2) is 0 Å². The van der Waals surface area contributed by atoms with Crippen molar-refractivity contribution in [2.75, 3.05) is 29.5 Å². The fraction of sp³-hybridized carbons (Fsp3) is 0.588. The summed E-state index contributed by atoms with van der Waals surface area (Å²) in [7, 11) is 0. The Morgan fingerprint density at radius 1 is 1.26 bits per heavy atom. The zero-order valence-corrected chi connectivity index (χ0v) is 14.5. The van der Waals surface area contributed by atoms with Gasteiger partial charge in [0.2, 0.25) is 0 Å². The van der Waals surface area contributed by atoms with Crippen LogP contribution in [-0.2, 0) is 4.74 Å². The lowest BCUT2D eigenvalue weighted by Crippen LogP contribution is -2.54. The van der Waals surface area contributed by atoms with Crippen molar-refractivity contribution >= 4 is 23.2 Å². The summed E-state index contributed by atoms with van der Waals surface area (Å²) in [6.45, 7) is 9.25. The van der Waals surface area contributed by atoms with Gasteiger partial charge in [-0.3, -0.25) is 0 Å². The standard InChI is InChI=1S/C17H28N4O2/c1-16(2,3)23-15(22)20-17(4)8-10-21(11-9-17)13-7-5-6-12(18)14(13)19/h5-7H,8-11,18-19H2,1-4H3,(H,20,22). The number of rotatable bonds is 2. The van der Waals surface area contributed by atoms with Crippen LogP contribution in [0, 0.1) is 0 Å². The van der Waals surface area contributed by atoms with Crippen molar-refractivity contribution in [3.8, 4) is 0 Å². The highest BCUT2D eigenvalue weighted by atomic mass is 16.6. The summed E-state index contributed by atoms with van der Waals surface area (Å²) in [6, 6.07) is 5.69. The molecule has 23 heavy (non-hydrogen) atoms. The number of nitrogens with two attached hydrogens (primary N) is 2. The first-order valence-electron chi connectivity index (χ1n) is 8.00. The SMILES string of the molecule is CC1(NC(=O)OC(C)(C)C)CCN(c2cccc(N)c2N)CC1. The molecule has 1 aliphatic heterocycles. The molecular weight excluding hydrogens is 292 g/mol. The Labute approximate surface area is 138 Å². The molecule has 1 aliphatic rings. The number of hydrogen-bond donors (Lipinski definition) is 3. The minimum Gasteiger partial charge on any atom is -0.444 e. The fourth-order valence-corrected chi connectivity index (χ4v) is 2.76. The van der Waals surface area contributed by atoms with Gasteiger partial charge < -0.3 is 26.4 Å². The second-order valence-electron chi connectivity index (χ2n) is 7.45. The quantitative estimate of drug-likeness (QED) is 0.729. The Morgan fingerprint density at radius 3 is 2.43 bits per heavy atom. The second-order valence-corrected chi connectivity index (χ2v) is 7.45. The molecule has 0 spiro atoms. The van der Waals surface area contributed by atoms with Crippen molar-refractivity contribution in [3.05, 3.63) is 18.2 Å². The van der Waals surface area contributed by atoms with E-state index in [1.54, 1.807) is 6.07 Å². The van der Waals surface area contributed by atoms with Gasteiger partial charge in [-0.15, -0.1) is 0 Å². The van der Waals surface area contributed by atoms with Crippen molar-refractivity contribution in [2.45, 2.75) is 51.7 Å². The van der Waals surface area contributed by atoms with Crippen LogP contribution in [0.2, 0.25) is 0 Å². The molecule has 0 saturated carbocycles. The summed E-state index contributed by atoms with van der Waals surface area (Å²) < 4.78 is 5.35. The molecule has 0 aromatic heterocycles. The van der Waals surface area contributed by atoms with Crippen molar-refractivity contribution in [1.82, 2.24) is 5.32 Å². The lowest BCUT2D eigenvalue weighted by molar-refractivity contribution is 0.0448. The molecular formula is C17H28N4O2. The molecule has 0 unspecified atom stereocenters. The summed E-state index contributed by atoms with van der Waals surface area (Å²) in [6.07, 6.45) is 1.28. The Hall–Kier alpha value is -2.11. The van der Waals surface area contributed by atoms with E-state index in [1.165, 1.54) is 0 Å². The first kappa shape index (κ1) is 17.2. The number of nitrogens with one attached hydrogen (secondary N) is 1. The van der Waals surface area contributed by atoms with Crippen molar-refractivity contribution in [1.29, 1.82) is 0 Å². The average Bonchev–Trinajstić information content (AvgIpc) is 2.40. The second kappa shape index (κ2) is 6.18. The first-order valence-corrected chi connectivity index (χ1v) is 8.00. The molecule has 0 atom stereocenters. The van der Waals surface area contributed by atoms with Gasteiger partial charge in [-0.1, -0.05) is 6.07 Å². The summed E-state index contributed by atoms with van der Waals surface area (Å²) in [4.78, 5) is 14.2. The van der Waals surface area contributed by atoms with E-state index in [2.05, 4.69) is 17.1 Å². The van der Waals surface area contributed by atoms with Gasteiger partial charge in [0, 0.05) is 18.6 Å². The molecule has 1 saturated heterocycles. The highest BCUT2D eigenvalue weighted by Gasteiger charge is 2.33. The minimum atomic E-state index is -0.489. The Morgan fingerprint density at radius 2 is 1.87 bits per heavy atom. The van der Waals surface area contributed by atoms with E-state index < -0.39 is 5.60 Å². The number of nitrogen functional groups attached to an aromatic ring is 2. The van der Waals surface area contributed by atoms with E-state index in [0.717, 1.165) is 31.6 Å². The monoisotopic (exact) mass is 320 g/mol. The number of carbonyl (C=O) groups excluding carboxylic acids is 1. The molecule has 128 valence electrons. The number of hydrogen-bond acceptors (Lipinski definition) is 5. The smallest absolute Gasteiger partial charge is 0.408 e. The summed E-state index contributed by atoms with van der Waals surface area (Å²) in [5, 5.41) is 3.01. The van der Waals surface area contributed by atoms with E-state index >= 15 is 0 Å². The summed E-state index contributed by atoms with van der Waals surface area (Å²) >= 11 is 0. The van der Waals surface area contributed by atoms with Crippen LogP contribution in [0.3, 0.4) is 0 Å². The highest BCUT2D eigenvalue weighted by molar-refractivity contribution is 5.79. The molecule has 5 N–H and O–H groups in total. The van der Waals surface area contributed by atoms with E-state index in [0.29, 0.717) is 11.4 Å². The van der Waals surface area contributed by atoms with E-state index in [9.17, 15) is 4.79 Å². The maximum atomic E-state index is 12.0. The van der Waals surface area contributed by atoms with Crippen molar-refractivity contribution in [3.63, 3.8) is 0 Å². The maximum Gasteiger partial charge on any atom is 0.408 e. The number of ether oxygens (including phenoxy) is 1. The van der Waals surface area contributed by atoms with Gasteiger partial charge in [0.05, 0.1) is 17.1 Å². The predicted octanol–water partition coefficient (Wildman–Crippen LogP) is 2.73. The topological polar surface area (TPSA) is 93.6 Å². The predicted molar refractivity (Wildman–Crippen MR) is 94.5 cm³/mol. The van der Waals surface area contributed by atoms with Gasteiger partial charge in [-0.2, -0.15) is 0 Å². The van der Waals surface area contributed by atoms with E-state index in [-0.39, 0.29) is 11.6 Å². The van der Waals surface area contributed by atoms with Crippen LogP contribution in [-0.4, -0.2) is 30.3 Å². The third-order valence-corrected chi connectivity index (χ3v) is 4.13. The Bertz CT molecular complexity index is 572. The highest BCUT2D eigenvalue weighted by Crippen LogP contribution is 2.32. The molecule has 1 heterocycles. The van der Waals surface area contributed by atoms with Crippen LogP contribution in [0.25, 0.3) is 0 Å². The number of anilines is 3. The summed E-state index contributed by atoms with van der Waals surface area (Å²) in [5.74, 6) is 0. The largest absolute Gasteiger partial charge is 0.444 e. The Balaban J connectivity index is 1.97. The third kappa shape index (κ3) is 4.43.